The fraction of sp³-hybridized carbons (Fsp3) is 0.966. The van der Waals surface area contributed by atoms with Crippen molar-refractivity contribution < 1.29 is 23.3 Å². The van der Waals surface area contributed by atoms with Crippen LogP contribution >= 0.6 is 7.82 Å². The molecule has 1 heterocycles. The van der Waals surface area contributed by atoms with Gasteiger partial charge < -0.3 is 9.79 Å². The maximum Gasteiger partial charge on any atom is 0.472 e. The van der Waals surface area contributed by atoms with E-state index < -0.39 is 7.82 Å². The van der Waals surface area contributed by atoms with E-state index >= 15 is 0 Å². The number of hydrogen-bond donors (Lipinski definition) is 1. The summed E-state index contributed by atoms with van der Waals surface area (Å²) < 4.78 is 22.3. The Balaban J connectivity index is 1.98. The van der Waals surface area contributed by atoms with E-state index in [2.05, 4.69) is 18.7 Å². The average Bonchev–Trinajstić information content (AvgIpc) is 2.89. The zero-order valence-electron chi connectivity index (χ0n) is 24.3. The van der Waals surface area contributed by atoms with Crippen molar-refractivity contribution in [3.05, 3.63) is 0 Å². The third-order valence-electron chi connectivity index (χ3n) is 7.38. The van der Waals surface area contributed by atoms with Gasteiger partial charge in [-0.25, -0.2) is 4.57 Å². The van der Waals surface area contributed by atoms with Crippen LogP contribution < -0.4 is 0 Å². The summed E-state index contributed by atoms with van der Waals surface area (Å²) in [5.41, 5.74) is 0. The first-order valence-electron chi connectivity index (χ1n) is 15.6. The molecule has 7 nitrogen and oxygen atoms in total. The fourth-order valence-corrected chi connectivity index (χ4v) is 5.63. The highest BCUT2D eigenvalue weighted by Gasteiger charge is 2.23. The van der Waals surface area contributed by atoms with Gasteiger partial charge in [0.15, 0.2) is 0 Å². The molecule has 0 aromatic rings. The molecule has 1 aliphatic heterocycles. The topological polar surface area (TPSA) is 79.3 Å². The predicted molar refractivity (Wildman–Crippen MR) is 154 cm³/mol. The summed E-state index contributed by atoms with van der Waals surface area (Å²) in [7, 11) is -3.98. The molecule has 220 valence electrons. The predicted octanol–water partition coefficient (Wildman–Crippen LogP) is 7.72. The zero-order chi connectivity index (χ0) is 27.0. The van der Waals surface area contributed by atoms with E-state index in [1.807, 2.05) is 4.90 Å². The standard InChI is InChI=1S/C29H59N2O5P/c1-3-5-7-9-11-12-13-14-15-17-19-21-29(32)31-24-22-30(23-25-31)26-28-36-37(33,34)35-27-20-18-16-10-8-6-4-2/h3-28H2,1-2H3,(H,33,34). The molecule has 1 aliphatic rings. The van der Waals surface area contributed by atoms with Crippen molar-refractivity contribution in [1.29, 1.82) is 0 Å². The average molecular weight is 547 g/mol. The normalized spacial score (nSPS) is 16.2. The van der Waals surface area contributed by atoms with Gasteiger partial charge in [0.2, 0.25) is 5.91 Å². The van der Waals surface area contributed by atoms with Crippen molar-refractivity contribution >= 4 is 13.7 Å². The molecule has 0 spiro atoms. The van der Waals surface area contributed by atoms with Crippen molar-refractivity contribution in [1.82, 2.24) is 9.80 Å². The molecule has 0 radical (unpaired) electrons. The van der Waals surface area contributed by atoms with E-state index in [4.69, 9.17) is 9.05 Å². The molecule has 0 aromatic heterocycles. The number of unbranched alkanes of at least 4 members (excludes halogenated alkanes) is 16. The molecule has 37 heavy (non-hydrogen) atoms. The van der Waals surface area contributed by atoms with E-state index in [-0.39, 0.29) is 19.1 Å². The first-order chi connectivity index (χ1) is 18.0. The minimum Gasteiger partial charge on any atom is -0.340 e. The molecule has 0 aliphatic carbocycles. The maximum absolute atomic E-state index is 12.5. The molecular formula is C29H59N2O5P. The highest BCUT2D eigenvalue weighted by molar-refractivity contribution is 7.47. The molecule has 1 atom stereocenters. The van der Waals surface area contributed by atoms with E-state index in [9.17, 15) is 14.3 Å². The van der Waals surface area contributed by atoms with E-state index in [0.29, 0.717) is 13.0 Å². The lowest BCUT2D eigenvalue weighted by molar-refractivity contribution is -0.133. The Labute approximate surface area is 228 Å². The van der Waals surface area contributed by atoms with E-state index in [0.717, 1.165) is 58.3 Å². The summed E-state index contributed by atoms with van der Waals surface area (Å²) >= 11 is 0. The van der Waals surface area contributed by atoms with Crippen LogP contribution in [-0.2, 0) is 18.4 Å². The summed E-state index contributed by atoms with van der Waals surface area (Å²) in [4.78, 5) is 26.5. The van der Waals surface area contributed by atoms with Crippen LogP contribution in [-0.4, -0.2) is 66.5 Å². The van der Waals surface area contributed by atoms with Crippen LogP contribution in [0.1, 0.15) is 136 Å². The van der Waals surface area contributed by atoms with Gasteiger partial charge in [-0.05, 0) is 12.8 Å². The Kier molecular flexibility index (Phi) is 21.9. The smallest absolute Gasteiger partial charge is 0.340 e. The van der Waals surface area contributed by atoms with Crippen LogP contribution in [0.25, 0.3) is 0 Å². The first kappa shape index (κ1) is 34.6. The van der Waals surface area contributed by atoms with Crippen molar-refractivity contribution in [3.8, 4) is 0 Å². The van der Waals surface area contributed by atoms with Crippen LogP contribution in [0.4, 0.5) is 0 Å². The SMILES string of the molecule is CCCCCCCCCCCCCC(=O)N1CCN(CCOP(=O)(O)OCCCCCCCCC)CC1. The molecule has 1 saturated heterocycles. The number of phosphoric ester groups is 1. The molecule has 1 fully saturated rings. The molecule has 1 amide bonds. The van der Waals surface area contributed by atoms with Crippen molar-refractivity contribution in [2.75, 3.05) is 45.9 Å². The number of hydrogen-bond acceptors (Lipinski definition) is 5. The third-order valence-corrected chi connectivity index (χ3v) is 8.40. The Morgan fingerprint density at radius 3 is 1.59 bits per heavy atom. The molecule has 0 aromatic carbocycles. The monoisotopic (exact) mass is 546 g/mol. The second kappa shape index (κ2) is 23.4. The molecule has 0 saturated carbocycles. The number of piperazine rings is 1. The highest BCUT2D eigenvalue weighted by Crippen LogP contribution is 2.43. The lowest BCUT2D eigenvalue weighted by Crippen LogP contribution is -2.49. The van der Waals surface area contributed by atoms with Crippen LogP contribution in [0.5, 0.6) is 0 Å². The van der Waals surface area contributed by atoms with Crippen molar-refractivity contribution in [2.45, 2.75) is 136 Å². The van der Waals surface area contributed by atoms with Crippen LogP contribution in [0.15, 0.2) is 0 Å². The quantitative estimate of drug-likeness (QED) is 0.0933. The zero-order valence-corrected chi connectivity index (χ0v) is 25.2. The number of rotatable bonds is 25. The minimum absolute atomic E-state index is 0.164. The molecule has 1 rings (SSSR count). The molecule has 0 bridgehead atoms. The van der Waals surface area contributed by atoms with Gasteiger partial charge in [-0.15, -0.1) is 0 Å². The van der Waals surface area contributed by atoms with Gasteiger partial charge in [0.25, 0.3) is 0 Å². The van der Waals surface area contributed by atoms with Gasteiger partial charge in [-0.3, -0.25) is 18.7 Å². The van der Waals surface area contributed by atoms with Crippen molar-refractivity contribution in [3.63, 3.8) is 0 Å². The molecule has 8 heteroatoms. The van der Waals surface area contributed by atoms with Gasteiger partial charge in [0.05, 0.1) is 13.2 Å². The molecule has 1 N–H and O–H groups in total. The number of carbonyl (C=O) groups excluding carboxylic acids is 1. The summed E-state index contributed by atoms with van der Waals surface area (Å²) in [6.45, 7) is 8.48. The molecule has 1 unspecified atom stereocenters. The third kappa shape index (κ3) is 20.2. The van der Waals surface area contributed by atoms with Gasteiger partial charge in [-0.2, -0.15) is 0 Å². The second-order valence-corrected chi connectivity index (χ2v) is 12.2. The highest BCUT2D eigenvalue weighted by atomic mass is 31.2. The summed E-state index contributed by atoms with van der Waals surface area (Å²) in [6.07, 6.45) is 22.8. The van der Waals surface area contributed by atoms with E-state index in [1.54, 1.807) is 0 Å². The van der Waals surface area contributed by atoms with Gasteiger partial charge in [0, 0.05) is 39.1 Å². The largest absolute Gasteiger partial charge is 0.472 e. The minimum atomic E-state index is -3.98. The lowest BCUT2D eigenvalue weighted by Gasteiger charge is -2.34. The van der Waals surface area contributed by atoms with Gasteiger partial charge in [-0.1, -0.05) is 117 Å². The lowest BCUT2D eigenvalue weighted by atomic mass is 10.1. The second-order valence-electron chi connectivity index (χ2n) is 10.8. The van der Waals surface area contributed by atoms with Gasteiger partial charge in [0.1, 0.15) is 0 Å². The Hall–Kier alpha value is -0.460. The Bertz CT molecular complexity index is 585. The summed E-state index contributed by atoms with van der Waals surface area (Å²) in [5, 5.41) is 0. The van der Waals surface area contributed by atoms with Crippen LogP contribution in [0.2, 0.25) is 0 Å². The number of carbonyl (C=O) groups is 1. The van der Waals surface area contributed by atoms with Crippen molar-refractivity contribution in [2.24, 2.45) is 0 Å². The van der Waals surface area contributed by atoms with Crippen LogP contribution in [0, 0.1) is 0 Å². The summed E-state index contributed by atoms with van der Waals surface area (Å²) in [5.74, 6) is 0.269. The van der Waals surface area contributed by atoms with Gasteiger partial charge >= 0.3 is 7.82 Å². The summed E-state index contributed by atoms with van der Waals surface area (Å²) in [6, 6.07) is 0. The molecular weight excluding hydrogens is 487 g/mol. The van der Waals surface area contributed by atoms with Crippen LogP contribution in [0.3, 0.4) is 0 Å². The Morgan fingerprint density at radius 1 is 0.649 bits per heavy atom. The number of phosphoric acid groups is 1. The Morgan fingerprint density at radius 2 is 1.08 bits per heavy atom. The van der Waals surface area contributed by atoms with E-state index in [1.165, 1.54) is 83.5 Å². The maximum atomic E-state index is 12.5. The number of nitrogens with zero attached hydrogens (tertiary/aromatic N) is 2. The number of amides is 1. The first-order valence-corrected chi connectivity index (χ1v) is 17.1. The fourth-order valence-electron chi connectivity index (χ4n) is 4.88.